The van der Waals surface area contributed by atoms with Gasteiger partial charge in [0.2, 0.25) is 0 Å². The van der Waals surface area contributed by atoms with E-state index in [0.29, 0.717) is 36.2 Å². The minimum atomic E-state index is -0.358. The first-order valence-corrected chi connectivity index (χ1v) is 8.86. The van der Waals surface area contributed by atoms with Crippen LogP contribution in [0.3, 0.4) is 0 Å². The molecule has 1 aliphatic rings. The fraction of sp³-hybridized carbons (Fsp3) is 0.412. The molecule has 0 radical (unpaired) electrons. The maximum Gasteiger partial charge on any atom is 0.291 e. The molecule has 0 aromatic carbocycles. The summed E-state index contributed by atoms with van der Waals surface area (Å²) in [5, 5.41) is 5.11. The minimum Gasteiger partial charge on any atom is -0.459 e. The van der Waals surface area contributed by atoms with Crippen LogP contribution >= 0.6 is 11.3 Å². The van der Waals surface area contributed by atoms with E-state index in [1.54, 1.807) is 23.6 Å². The standard InChI is InChI=1S/C17H20N2O4S/c1-2-19(10-12-5-8-22-11-12)17(21)13-6-9-24-16(13)18-15(20)14-4-3-7-23-14/h3-4,6-7,9,12H,2,5,8,10-11H2,1H3,(H,18,20). The first kappa shape index (κ1) is 16.7. The lowest BCUT2D eigenvalue weighted by Crippen LogP contribution is -2.35. The van der Waals surface area contributed by atoms with Crippen molar-refractivity contribution in [3.63, 3.8) is 0 Å². The lowest BCUT2D eigenvalue weighted by molar-refractivity contribution is 0.0732. The van der Waals surface area contributed by atoms with Crippen molar-refractivity contribution in [1.29, 1.82) is 0 Å². The number of carbonyl (C=O) groups is 2. The van der Waals surface area contributed by atoms with Crippen LogP contribution in [0.5, 0.6) is 0 Å². The summed E-state index contributed by atoms with van der Waals surface area (Å²) in [5.74, 6) is 0.176. The Hall–Kier alpha value is -2.12. The molecule has 1 saturated heterocycles. The topological polar surface area (TPSA) is 71.8 Å². The monoisotopic (exact) mass is 348 g/mol. The van der Waals surface area contributed by atoms with Gasteiger partial charge in [-0.15, -0.1) is 11.3 Å². The van der Waals surface area contributed by atoms with Gasteiger partial charge in [0.05, 0.1) is 18.4 Å². The van der Waals surface area contributed by atoms with Crippen LogP contribution in [0.1, 0.15) is 34.3 Å². The van der Waals surface area contributed by atoms with Crippen LogP contribution in [-0.4, -0.2) is 43.0 Å². The number of amides is 2. The van der Waals surface area contributed by atoms with Gasteiger partial charge in [0.25, 0.3) is 11.8 Å². The molecule has 0 bridgehead atoms. The predicted molar refractivity (Wildman–Crippen MR) is 91.5 cm³/mol. The third-order valence-electron chi connectivity index (χ3n) is 4.04. The van der Waals surface area contributed by atoms with E-state index in [-0.39, 0.29) is 17.6 Å². The number of carbonyl (C=O) groups excluding carboxylic acids is 2. The summed E-state index contributed by atoms with van der Waals surface area (Å²) in [6.07, 6.45) is 2.42. The fourth-order valence-corrected chi connectivity index (χ4v) is 3.49. The number of nitrogens with one attached hydrogen (secondary N) is 1. The molecule has 6 nitrogen and oxygen atoms in total. The molecule has 0 aliphatic carbocycles. The van der Waals surface area contributed by atoms with Crippen LogP contribution in [0, 0.1) is 5.92 Å². The molecule has 2 aromatic heterocycles. The van der Waals surface area contributed by atoms with Gasteiger partial charge in [-0.3, -0.25) is 9.59 Å². The molecule has 2 amide bonds. The first-order chi connectivity index (χ1) is 11.7. The van der Waals surface area contributed by atoms with Crippen LogP contribution in [0.15, 0.2) is 34.3 Å². The molecule has 1 fully saturated rings. The number of hydrogen-bond donors (Lipinski definition) is 1. The molecule has 1 unspecified atom stereocenters. The lowest BCUT2D eigenvalue weighted by Gasteiger charge is -2.24. The molecule has 2 aromatic rings. The number of rotatable bonds is 6. The molecular weight excluding hydrogens is 328 g/mol. The highest BCUT2D eigenvalue weighted by molar-refractivity contribution is 7.14. The molecule has 128 valence electrons. The van der Waals surface area contributed by atoms with Gasteiger partial charge in [-0.05, 0) is 36.9 Å². The van der Waals surface area contributed by atoms with E-state index in [2.05, 4.69) is 5.32 Å². The van der Waals surface area contributed by atoms with Crippen molar-refractivity contribution in [3.8, 4) is 0 Å². The quantitative estimate of drug-likeness (QED) is 0.871. The Balaban J connectivity index is 1.70. The second-order valence-electron chi connectivity index (χ2n) is 5.67. The Bertz CT molecular complexity index is 689. The SMILES string of the molecule is CCN(CC1CCOC1)C(=O)c1ccsc1NC(=O)c1ccco1. The van der Waals surface area contributed by atoms with Crippen LogP contribution in [0.25, 0.3) is 0 Å². The van der Waals surface area contributed by atoms with Crippen molar-refractivity contribution in [2.75, 3.05) is 31.6 Å². The first-order valence-electron chi connectivity index (χ1n) is 7.98. The number of nitrogens with zero attached hydrogens (tertiary/aromatic N) is 1. The van der Waals surface area contributed by atoms with Crippen molar-refractivity contribution in [3.05, 3.63) is 41.2 Å². The van der Waals surface area contributed by atoms with Gasteiger partial charge in [0.15, 0.2) is 5.76 Å². The number of ether oxygens (including phenoxy) is 1. The minimum absolute atomic E-state index is 0.0691. The molecule has 1 atom stereocenters. The molecule has 24 heavy (non-hydrogen) atoms. The van der Waals surface area contributed by atoms with E-state index in [1.165, 1.54) is 17.6 Å². The predicted octanol–water partition coefficient (Wildman–Crippen LogP) is 3.09. The normalized spacial score (nSPS) is 17.0. The average Bonchev–Trinajstić information content (AvgIpc) is 3.33. The Labute approximate surface area is 144 Å². The molecule has 0 spiro atoms. The third-order valence-corrected chi connectivity index (χ3v) is 4.87. The lowest BCUT2D eigenvalue weighted by atomic mass is 10.1. The maximum atomic E-state index is 12.8. The zero-order valence-electron chi connectivity index (χ0n) is 13.5. The zero-order valence-corrected chi connectivity index (χ0v) is 14.3. The van der Waals surface area contributed by atoms with Crippen molar-refractivity contribution in [2.45, 2.75) is 13.3 Å². The zero-order chi connectivity index (χ0) is 16.9. The summed E-state index contributed by atoms with van der Waals surface area (Å²) < 4.78 is 10.5. The Morgan fingerprint density at radius 2 is 2.29 bits per heavy atom. The second-order valence-corrected chi connectivity index (χ2v) is 6.58. The number of furan rings is 1. The van der Waals surface area contributed by atoms with Crippen LogP contribution in [-0.2, 0) is 4.74 Å². The summed E-state index contributed by atoms with van der Waals surface area (Å²) in [6, 6.07) is 4.99. The second kappa shape index (κ2) is 7.63. The highest BCUT2D eigenvalue weighted by atomic mass is 32.1. The summed E-state index contributed by atoms with van der Waals surface area (Å²) >= 11 is 1.33. The average molecular weight is 348 g/mol. The summed E-state index contributed by atoms with van der Waals surface area (Å²) in [5.41, 5.74) is 0.515. The van der Waals surface area contributed by atoms with Crippen molar-refractivity contribution in [1.82, 2.24) is 4.90 Å². The van der Waals surface area contributed by atoms with E-state index >= 15 is 0 Å². The molecule has 3 heterocycles. The van der Waals surface area contributed by atoms with Crippen LogP contribution in [0.4, 0.5) is 5.00 Å². The van der Waals surface area contributed by atoms with E-state index in [4.69, 9.17) is 9.15 Å². The van der Waals surface area contributed by atoms with Gasteiger partial charge >= 0.3 is 0 Å². The molecule has 1 aliphatic heterocycles. The Morgan fingerprint density at radius 3 is 2.96 bits per heavy atom. The van der Waals surface area contributed by atoms with Crippen LogP contribution in [0.2, 0.25) is 0 Å². The number of anilines is 1. The molecule has 1 N–H and O–H groups in total. The van der Waals surface area contributed by atoms with E-state index in [9.17, 15) is 9.59 Å². The fourth-order valence-electron chi connectivity index (χ4n) is 2.71. The van der Waals surface area contributed by atoms with Crippen molar-refractivity contribution >= 4 is 28.2 Å². The Kier molecular flexibility index (Phi) is 5.32. The maximum absolute atomic E-state index is 12.8. The summed E-state index contributed by atoms with van der Waals surface area (Å²) in [7, 11) is 0. The van der Waals surface area contributed by atoms with E-state index < -0.39 is 0 Å². The van der Waals surface area contributed by atoms with Gasteiger partial charge in [-0.25, -0.2) is 0 Å². The van der Waals surface area contributed by atoms with Crippen molar-refractivity contribution < 1.29 is 18.7 Å². The smallest absolute Gasteiger partial charge is 0.291 e. The van der Waals surface area contributed by atoms with E-state index in [0.717, 1.165) is 13.0 Å². The van der Waals surface area contributed by atoms with Gasteiger partial charge in [0, 0.05) is 25.6 Å². The summed E-state index contributed by atoms with van der Waals surface area (Å²) in [6.45, 7) is 4.73. The van der Waals surface area contributed by atoms with E-state index in [1.807, 2.05) is 11.8 Å². The highest BCUT2D eigenvalue weighted by Gasteiger charge is 2.25. The largest absolute Gasteiger partial charge is 0.459 e. The van der Waals surface area contributed by atoms with Gasteiger partial charge in [-0.1, -0.05) is 0 Å². The van der Waals surface area contributed by atoms with Crippen LogP contribution < -0.4 is 5.32 Å². The van der Waals surface area contributed by atoms with Gasteiger partial charge in [-0.2, -0.15) is 0 Å². The van der Waals surface area contributed by atoms with Gasteiger partial charge in [0.1, 0.15) is 5.00 Å². The number of thiophene rings is 1. The number of hydrogen-bond acceptors (Lipinski definition) is 5. The highest BCUT2D eigenvalue weighted by Crippen LogP contribution is 2.26. The Morgan fingerprint density at radius 1 is 1.42 bits per heavy atom. The molecular formula is C17H20N2O4S. The molecule has 3 rings (SSSR count). The van der Waals surface area contributed by atoms with Gasteiger partial charge < -0.3 is 19.4 Å². The van der Waals surface area contributed by atoms with Crippen molar-refractivity contribution in [2.24, 2.45) is 5.92 Å². The molecule has 0 saturated carbocycles. The molecule has 7 heteroatoms. The summed E-state index contributed by atoms with van der Waals surface area (Å²) in [4.78, 5) is 26.8. The third kappa shape index (κ3) is 3.68.